The lowest BCUT2D eigenvalue weighted by atomic mass is 9.78. The smallest absolute Gasteiger partial charge is 0.307 e. The number of carbonyl (C=O) groups excluding carboxylic acids is 1. The summed E-state index contributed by atoms with van der Waals surface area (Å²) >= 11 is 6.04. The molecule has 1 saturated carbocycles. The second-order valence-corrected chi connectivity index (χ2v) is 7.06. The number of amides is 1. The minimum absolute atomic E-state index is 0.0212. The van der Waals surface area contributed by atoms with E-state index in [1.54, 1.807) is 0 Å². The summed E-state index contributed by atoms with van der Waals surface area (Å²) in [6, 6.07) is 7.72. The molecule has 1 N–H and O–H groups in total. The van der Waals surface area contributed by atoms with Gasteiger partial charge in [-0.1, -0.05) is 30.5 Å². The van der Waals surface area contributed by atoms with E-state index in [0.717, 1.165) is 31.6 Å². The minimum atomic E-state index is -0.828. The fourth-order valence-corrected chi connectivity index (χ4v) is 4.00. The number of benzene rings is 1. The maximum absolute atomic E-state index is 12.8. The Morgan fingerprint density at radius 3 is 2.33 bits per heavy atom. The summed E-state index contributed by atoms with van der Waals surface area (Å²) in [7, 11) is 0. The number of rotatable bonds is 3. The SMILES string of the molecule is O=C(O)[C@H]1CCCC[C@@H]1C(=O)N1CCN(c2cccc(Cl)c2)CC1. The number of nitrogens with zero attached hydrogens (tertiary/aromatic N) is 2. The van der Waals surface area contributed by atoms with Gasteiger partial charge >= 0.3 is 5.97 Å². The van der Waals surface area contributed by atoms with Crippen molar-refractivity contribution >= 4 is 29.2 Å². The van der Waals surface area contributed by atoms with Crippen LogP contribution in [0.2, 0.25) is 5.02 Å². The fraction of sp³-hybridized carbons (Fsp3) is 0.556. The third-order valence-corrected chi connectivity index (χ3v) is 5.40. The van der Waals surface area contributed by atoms with Crippen molar-refractivity contribution in [1.82, 2.24) is 4.90 Å². The zero-order chi connectivity index (χ0) is 17.1. The zero-order valence-electron chi connectivity index (χ0n) is 13.7. The highest BCUT2D eigenvalue weighted by Crippen LogP contribution is 2.32. The van der Waals surface area contributed by atoms with Crippen molar-refractivity contribution in [3.05, 3.63) is 29.3 Å². The van der Waals surface area contributed by atoms with Crippen LogP contribution in [0.25, 0.3) is 0 Å². The summed E-state index contributed by atoms with van der Waals surface area (Å²) < 4.78 is 0. The molecule has 0 bridgehead atoms. The molecule has 2 fully saturated rings. The second-order valence-electron chi connectivity index (χ2n) is 6.63. The van der Waals surface area contributed by atoms with Gasteiger partial charge in [0.2, 0.25) is 5.91 Å². The zero-order valence-corrected chi connectivity index (χ0v) is 14.4. The van der Waals surface area contributed by atoms with Crippen LogP contribution in [0.15, 0.2) is 24.3 Å². The van der Waals surface area contributed by atoms with E-state index in [4.69, 9.17) is 11.6 Å². The van der Waals surface area contributed by atoms with Crippen molar-refractivity contribution in [3.63, 3.8) is 0 Å². The van der Waals surface area contributed by atoms with Crippen LogP contribution in [0.5, 0.6) is 0 Å². The Morgan fingerprint density at radius 1 is 1.04 bits per heavy atom. The van der Waals surface area contributed by atoms with Crippen LogP contribution in [0, 0.1) is 11.8 Å². The van der Waals surface area contributed by atoms with Crippen molar-refractivity contribution in [3.8, 4) is 0 Å². The average Bonchev–Trinajstić information content (AvgIpc) is 2.61. The number of carboxylic acid groups (broad SMARTS) is 1. The molecule has 0 unspecified atom stereocenters. The molecule has 1 saturated heterocycles. The molecule has 2 aliphatic rings. The summed E-state index contributed by atoms with van der Waals surface area (Å²) in [5.41, 5.74) is 1.07. The third-order valence-electron chi connectivity index (χ3n) is 5.17. The molecular formula is C18H23ClN2O3. The summed E-state index contributed by atoms with van der Waals surface area (Å²) in [5.74, 6) is -1.68. The Bertz CT molecular complexity index is 614. The number of aliphatic carboxylic acids is 1. The second kappa shape index (κ2) is 7.43. The predicted octanol–water partition coefficient (Wildman–Crippen LogP) is 2.88. The Labute approximate surface area is 147 Å². The van der Waals surface area contributed by atoms with Gasteiger partial charge in [-0.15, -0.1) is 0 Å². The number of carbonyl (C=O) groups is 2. The lowest BCUT2D eigenvalue weighted by Crippen LogP contribution is -2.52. The largest absolute Gasteiger partial charge is 0.481 e. The van der Waals surface area contributed by atoms with Crippen molar-refractivity contribution in [2.24, 2.45) is 11.8 Å². The van der Waals surface area contributed by atoms with Crippen molar-refractivity contribution in [2.45, 2.75) is 25.7 Å². The van der Waals surface area contributed by atoms with Crippen molar-refractivity contribution < 1.29 is 14.7 Å². The molecular weight excluding hydrogens is 328 g/mol. The van der Waals surface area contributed by atoms with E-state index in [-0.39, 0.29) is 11.8 Å². The van der Waals surface area contributed by atoms with Crippen LogP contribution in [-0.4, -0.2) is 48.1 Å². The Morgan fingerprint density at radius 2 is 1.71 bits per heavy atom. The van der Waals surface area contributed by atoms with Gasteiger partial charge in [0.1, 0.15) is 0 Å². The molecule has 0 aromatic heterocycles. The van der Waals surface area contributed by atoms with Gasteiger partial charge < -0.3 is 14.9 Å². The number of carboxylic acids is 1. The maximum atomic E-state index is 12.8. The molecule has 6 heteroatoms. The van der Waals surface area contributed by atoms with Gasteiger partial charge in [-0.25, -0.2) is 0 Å². The first-order valence-electron chi connectivity index (χ1n) is 8.58. The number of hydrogen-bond donors (Lipinski definition) is 1. The highest BCUT2D eigenvalue weighted by Gasteiger charge is 2.38. The molecule has 1 aliphatic carbocycles. The Hall–Kier alpha value is -1.75. The molecule has 1 heterocycles. The average molecular weight is 351 g/mol. The van der Waals surface area contributed by atoms with Gasteiger partial charge in [-0.05, 0) is 31.0 Å². The van der Waals surface area contributed by atoms with Gasteiger partial charge in [0, 0.05) is 36.9 Å². The molecule has 1 aliphatic heterocycles. The summed E-state index contributed by atoms with van der Waals surface area (Å²) in [5, 5.41) is 10.1. The van der Waals surface area contributed by atoms with Crippen LogP contribution in [0.3, 0.4) is 0 Å². The van der Waals surface area contributed by atoms with Crippen LogP contribution >= 0.6 is 11.6 Å². The normalized spacial score (nSPS) is 24.7. The number of hydrogen-bond acceptors (Lipinski definition) is 3. The van der Waals surface area contributed by atoms with E-state index in [9.17, 15) is 14.7 Å². The molecule has 5 nitrogen and oxygen atoms in total. The third kappa shape index (κ3) is 3.66. The molecule has 3 rings (SSSR count). The quantitative estimate of drug-likeness (QED) is 0.910. The molecule has 1 aromatic carbocycles. The summed E-state index contributed by atoms with van der Waals surface area (Å²) in [6.07, 6.45) is 3.17. The Balaban J connectivity index is 1.61. The fourth-order valence-electron chi connectivity index (χ4n) is 3.81. The van der Waals surface area contributed by atoms with E-state index >= 15 is 0 Å². The first-order chi connectivity index (χ1) is 11.6. The van der Waals surface area contributed by atoms with Gasteiger partial charge in [0.15, 0.2) is 0 Å². The van der Waals surface area contributed by atoms with Crippen LogP contribution < -0.4 is 4.90 Å². The van der Waals surface area contributed by atoms with Gasteiger partial charge in [-0.3, -0.25) is 9.59 Å². The summed E-state index contributed by atoms with van der Waals surface area (Å²) in [4.78, 5) is 28.3. The number of anilines is 1. The maximum Gasteiger partial charge on any atom is 0.307 e. The summed E-state index contributed by atoms with van der Waals surface area (Å²) in [6.45, 7) is 2.76. The highest BCUT2D eigenvalue weighted by atomic mass is 35.5. The lowest BCUT2D eigenvalue weighted by Gasteiger charge is -2.39. The van der Waals surface area contributed by atoms with Crippen molar-refractivity contribution in [1.29, 1.82) is 0 Å². The molecule has 1 aromatic rings. The predicted molar refractivity (Wildman–Crippen MR) is 93.3 cm³/mol. The van der Waals surface area contributed by atoms with E-state index in [1.807, 2.05) is 29.2 Å². The molecule has 0 radical (unpaired) electrons. The Kier molecular flexibility index (Phi) is 5.29. The molecule has 2 atom stereocenters. The molecule has 130 valence electrons. The van der Waals surface area contributed by atoms with Gasteiger partial charge in [0.05, 0.1) is 11.8 Å². The molecule has 24 heavy (non-hydrogen) atoms. The topological polar surface area (TPSA) is 60.9 Å². The van der Waals surface area contributed by atoms with E-state index < -0.39 is 11.9 Å². The van der Waals surface area contributed by atoms with Gasteiger partial charge in [-0.2, -0.15) is 0 Å². The van der Waals surface area contributed by atoms with E-state index in [1.165, 1.54) is 0 Å². The number of piperazine rings is 1. The molecule has 0 spiro atoms. The van der Waals surface area contributed by atoms with E-state index in [2.05, 4.69) is 4.90 Å². The molecule has 1 amide bonds. The highest BCUT2D eigenvalue weighted by molar-refractivity contribution is 6.30. The van der Waals surface area contributed by atoms with Crippen LogP contribution in [0.1, 0.15) is 25.7 Å². The number of halogens is 1. The lowest BCUT2D eigenvalue weighted by molar-refractivity contribution is -0.152. The monoisotopic (exact) mass is 350 g/mol. The van der Waals surface area contributed by atoms with E-state index in [0.29, 0.717) is 31.0 Å². The minimum Gasteiger partial charge on any atom is -0.481 e. The van der Waals surface area contributed by atoms with Crippen molar-refractivity contribution in [2.75, 3.05) is 31.1 Å². The van der Waals surface area contributed by atoms with Crippen LogP contribution in [-0.2, 0) is 9.59 Å². The first-order valence-corrected chi connectivity index (χ1v) is 8.96. The standard InChI is InChI=1S/C18H23ClN2O3/c19-13-4-3-5-14(12-13)20-8-10-21(11-9-20)17(22)15-6-1-2-7-16(15)18(23)24/h3-5,12,15-16H,1-2,6-11H2,(H,23,24)/t15-,16-/m0/s1. The van der Waals surface area contributed by atoms with Crippen LogP contribution in [0.4, 0.5) is 5.69 Å². The van der Waals surface area contributed by atoms with Gasteiger partial charge in [0.25, 0.3) is 0 Å². The first kappa shape index (κ1) is 17.1.